The van der Waals surface area contributed by atoms with Crippen LogP contribution in [0.5, 0.6) is 0 Å². The number of aryl methyl sites for hydroxylation is 1. The van der Waals surface area contributed by atoms with Crippen LogP contribution in [0.25, 0.3) is 33.1 Å². The smallest absolute Gasteiger partial charge is 0.328 e. The van der Waals surface area contributed by atoms with Crippen LogP contribution in [0.3, 0.4) is 0 Å². The summed E-state index contributed by atoms with van der Waals surface area (Å²) in [5.74, 6) is -2.53. The van der Waals surface area contributed by atoms with Crippen LogP contribution in [0.2, 0.25) is 0 Å². The zero-order valence-corrected chi connectivity index (χ0v) is 32.9. The number of nitrogens with zero attached hydrogens (tertiary/aromatic N) is 5. The Labute approximate surface area is 334 Å². The van der Waals surface area contributed by atoms with Gasteiger partial charge in [-0.25, -0.2) is 14.5 Å². The van der Waals surface area contributed by atoms with E-state index in [-0.39, 0.29) is 36.0 Å². The number of aromatic nitrogens is 4. The first-order chi connectivity index (χ1) is 27.6. The van der Waals surface area contributed by atoms with Gasteiger partial charge in [0.2, 0.25) is 11.8 Å². The van der Waals surface area contributed by atoms with E-state index in [2.05, 4.69) is 55.6 Å². The molecule has 3 aromatic carbocycles. The van der Waals surface area contributed by atoms with Crippen LogP contribution in [0.15, 0.2) is 90.5 Å². The van der Waals surface area contributed by atoms with E-state index in [9.17, 15) is 24.0 Å². The Morgan fingerprint density at radius 3 is 2.42 bits per heavy atom. The molecule has 5 aromatic rings. The summed E-state index contributed by atoms with van der Waals surface area (Å²) < 4.78 is 6.57. The molecule has 0 saturated heterocycles. The average molecular weight is 789 g/mol. The SMILES string of the molecule is C=C(NC(=O)c1csc(-c2ccc(NC(=O)CCC(=O)N3Cc4ccccc4-c4c(nnn4CCCCCC)-c4ccccc43)cc2)n1)C(=O)NC(C)C(=O)OC. The largest absolute Gasteiger partial charge is 0.467 e. The van der Waals surface area contributed by atoms with Gasteiger partial charge >= 0.3 is 5.97 Å². The van der Waals surface area contributed by atoms with Crippen molar-refractivity contribution < 1.29 is 28.7 Å². The quantitative estimate of drug-likeness (QED) is 0.0607. The minimum Gasteiger partial charge on any atom is -0.467 e. The highest BCUT2D eigenvalue weighted by Crippen LogP contribution is 2.41. The lowest BCUT2D eigenvalue weighted by Gasteiger charge is -2.28. The second kappa shape index (κ2) is 18.4. The van der Waals surface area contributed by atoms with Crippen molar-refractivity contribution in [2.75, 3.05) is 17.3 Å². The summed E-state index contributed by atoms with van der Waals surface area (Å²) >= 11 is 1.22. The van der Waals surface area contributed by atoms with E-state index in [4.69, 9.17) is 0 Å². The Kier molecular flexibility index (Phi) is 13.0. The molecule has 4 amide bonds. The van der Waals surface area contributed by atoms with Crippen LogP contribution in [0.1, 0.15) is 68.4 Å². The maximum atomic E-state index is 14.0. The van der Waals surface area contributed by atoms with Crippen molar-refractivity contribution in [1.29, 1.82) is 0 Å². The first-order valence-corrected chi connectivity index (χ1v) is 19.6. The lowest BCUT2D eigenvalue weighted by Crippen LogP contribution is -2.42. The number of esters is 1. The van der Waals surface area contributed by atoms with Crippen molar-refractivity contribution >= 4 is 52.3 Å². The maximum absolute atomic E-state index is 14.0. The summed E-state index contributed by atoms with van der Waals surface area (Å²) in [6.45, 7) is 8.28. The normalized spacial score (nSPS) is 12.2. The molecule has 6 rings (SSSR count). The highest BCUT2D eigenvalue weighted by atomic mass is 32.1. The van der Waals surface area contributed by atoms with Crippen LogP contribution < -0.4 is 20.9 Å². The molecule has 1 atom stereocenters. The zero-order chi connectivity index (χ0) is 40.5. The van der Waals surface area contributed by atoms with E-state index in [1.165, 1.54) is 31.8 Å². The zero-order valence-electron chi connectivity index (χ0n) is 32.0. The van der Waals surface area contributed by atoms with Crippen molar-refractivity contribution in [2.45, 2.75) is 71.5 Å². The molecular formula is C42H44N8O6S. The monoisotopic (exact) mass is 788 g/mol. The molecule has 294 valence electrons. The summed E-state index contributed by atoms with van der Waals surface area (Å²) in [6, 6.07) is 21.7. The van der Waals surface area contributed by atoms with Crippen molar-refractivity contribution in [1.82, 2.24) is 30.6 Å². The van der Waals surface area contributed by atoms with Crippen molar-refractivity contribution in [2.24, 2.45) is 0 Å². The highest BCUT2D eigenvalue weighted by Gasteiger charge is 2.29. The van der Waals surface area contributed by atoms with E-state index >= 15 is 0 Å². The number of hydrogen-bond donors (Lipinski definition) is 3. The van der Waals surface area contributed by atoms with Crippen molar-refractivity contribution in [3.63, 3.8) is 0 Å². The molecule has 1 aliphatic heterocycles. The van der Waals surface area contributed by atoms with E-state index in [0.29, 0.717) is 22.8 Å². The van der Waals surface area contributed by atoms with Gasteiger partial charge in [-0.3, -0.25) is 19.2 Å². The number of nitrogens with one attached hydrogen (secondary N) is 3. The molecule has 0 fully saturated rings. The van der Waals surface area contributed by atoms with Gasteiger partial charge in [-0.05, 0) is 49.2 Å². The van der Waals surface area contributed by atoms with Crippen LogP contribution in [0.4, 0.5) is 11.4 Å². The minimum atomic E-state index is -0.924. The Hall–Kier alpha value is -6.48. The second-order valence-corrected chi connectivity index (χ2v) is 14.4. The second-order valence-electron chi connectivity index (χ2n) is 13.5. The number of ether oxygens (including phenoxy) is 1. The summed E-state index contributed by atoms with van der Waals surface area (Å²) in [7, 11) is 1.20. The molecular weight excluding hydrogens is 745 g/mol. The molecule has 0 radical (unpaired) electrons. The van der Waals surface area contributed by atoms with E-state index in [1.807, 2.05) is 47.1 Å². The molecule has 15 heteroatoms. The lowest BCUT2D eigenvalue weighted by atomic mass is 9.95. The number of methoxy groups -OCH3 is 1. The number of benzene rings is 3. The number of carbonyl (C=O) groups excluding carboxylic acids is 5. The fraction of sp³-hybridized carbons (Fsp3) is 0.286. The molecule has 0 saturated carbocycles. The number of anilines is 2. The van der Waals surface area contributed by atoms with Gasteiger partial charge in [-0.1, -0.05) is 80.4 Å². The fourth-order valence-corrected chi connectivity index (χ4v) is 7.25. The summed E-state index contributed by atoms with van der Waals surface area (Å²) in [4.78, 5) is 69.8. The molecule has 3 N–H and O–H groups in total. The number of rotatable bonds is 15. The number of unbranched alkanes of at least 4 members (excludes halogenated alkanes) is 3. The molecule has 2 aromatic heterocycles. The Bertz CT molecular complexity index is 2300. The van der Waals surface area contributed by atoms with E-state index < -0.39 is 23.8 Å². The van der Waals surface area contributed by atoms with Gasteiger partial charge in [0.25, 0.3) is 11.8 Å². The topological polar surface area (TPSA) is 178 Å². The van der Waals surface area contributed by atoms with Crippen molar-refractivity contribution in [3.8, 4) is 33.1 Å². The molecule has 0 bridgehead atoms. The van der Waals surface area contributed by atoms with E-state index in [1.54, 1.807) is 34.5 Å². The molecule has 57 heavy (non-hydrogen) atoms. The van der Waals surface area contributed by atoms with Gasteiger partial charge in [0, 0.05) is 47.1 Å². The molecule has 14 nitrogen and oxygen atoms in total. The third-order valence-electron chi connectivity index (χ3n) is 9.47. The molecule has 0 spiro atoms. The van der Waals surface area contributed by atoms with Gasteiger partial charge < -0.3 is 25.6 Å². The van der Waals surface area contributed by atoms with E-state index in [0.717, 1.165) is 59.6 Å². The predicted octanol–water partition coefficient (Wildman–Crippen LogP) is 6.50. The number of para-hydroxylation sites is 1. The number of hydrogen-bond acceptors (Lipinski definition) is 10. The van der Waals surface area contributed by atoms with Gasteiger partial charge in [0.05, 0.1) is 30.7 Å². The Morgan fingerprint density at radius 1 is 0.930 bits per heavy atom. The van der Waals surface area contributed by atoms with Crippen LogP contribution in [-0.4, -0.2) is 62.7 Å². The molecule has 3 heterocycles. The maximum Gasteiger partial charge on any atom is 0.328 e. The lowest BCUT2D eigenvalue weighted by molar-refractivity contribution is -0.144. The molecule has 0 aliphatic carbocycles. The van der Waals surface area contributed by atoms with Gasteiger partial charge in [-0.2, -0.15) is 0 Å². The first-order valence-electron chi connectivity index (χ1n) is 18.7. The number of fused-ring (bicyclic) bond motifs is 5. The first kappa shape index (κ1) is 40.2. The highest BCUT2D eigenvalue weighted by molar-refractivity contribution is 7.13. The van der Waals surface area contributed by atoms with Gasteiger partial charge in [-0.15, -0.1) is 16.4 Å². The Balaban J connectivity index is 1.08. The molecule has 1 aliphatic rings. The predicted molar refractivity (Wildman–Crippen MR) is 218 cm³/mol. The summed E-state index contributed by atoms with van der Waals surface area (Å²) in [5.41, 5.74) is 6.21. The standard InChI is InChI=1S/C42H44N8O6S/c1-5-6-7-12-23-50-38-31-14-9-8-13-29(31)24-49(34-16-11-10-15-32(34)37(38)47-48-50)36(52)22-21-35(51)45-30-19-17-28(18-20-30)41-46-33(25-57-41)40(54)43-26(2)39(53)44-27(3)42(55)56-4/h8-11,13-20,25,27H,2,5-7,12,21-24H2,1,3-4H3,(H,43,54)(H,44,53)(H,45,51). The van der Waals surface area contributed by atoms with Crippen LogP contribution >= 0.6 is 11.3 Å². The minimum absolute atomic E-state index is 0.0141. The van der Waals surface area contributed by atoms with Crippen LogP contribution in [0, 0.1) is 0 Å². The summed E-state index contributed by atoms with van der Waals surface area (Å²) in [6.07, 6.45) is 4.39. The number of thiazole rings is 1. The van der Waals surface area contributed by atoms with Gasteiger partial charge in [0.15, 0.2) is 0 Å². The van der Waals surface area contributed by atoms with Crippen LogP contribution in [-0.2, 0) is 37.0 Å². The van der Waals surface area contributed by atoms with Gasteiger partial charge in [0.1, 0.15) is 22.4 Å². The van der Waals surface area contributed by atoms with Crippen molar-refractivity contribution in [3.05, 3.63) is 102 Å². The molecule has 1 unspecified atom stereocenters. The number of amides is 4. The number of carbonyl (C=O) groups is 5. The summed E-state index contributed by atoms with van der Waals surface area (Å²) in [5, 5.41) is 18.9. The average Bonchev–Trinajstić information content (AvgIpc) is 3.88. The third-order valence-corrected chi connectivity index (χ3v) is 10.4. The fourth-order valence-electron chi connectivity index (χ4n) is 6.45. The third kappa shape index (κ3) is 9.50. The Morgan fingerprint density at radius 2 is 1.67 bits per heavy atom.